The second kappa shape index (κ2) is 7.70. The third-order valence-corrected chi connectivity index (χ3v) is 7.06. The van der Waals surface area contributed by atoms with Gasteiger partial charge in [0.1, 0.15) is 12.2 Å². The average Bonchev–Trinajstić information content (AvgIpc) is 3.17. The third kappa shape index (κ3) is 3.76. The lowest BCUT2D eigenvalue weighted by Gasteiger charge is -2.12. The van der Waals surface area contributed by atoms with Crippen molar-refractivity contribution in [1.29, 1.82) is 0 Å². The van der Waals surface area contributed by atoms with Crippen LogP contribution in [0.4, 0.5) is 0 Å². The summed E-state index contributed by atoms with van der Waals surface area (Å²) in [4.78, 5) is 24.5. The molecule has 0 bridgehead atoms. The molecule has 0 saturated heterocycles. The van der Waals surface area contributed by atoms with Gasteiger partial charge in [0.15, 0.2) is 0 Å². The topological polar surface area (TPSA) is 93.9 Å². The maximum absolute atomic E-state index is 12.5. The second-order valence-corrected chi connectivity index (χ2v) is 9.60. The molecule has 0 saturated carbocycles. The molecule has 1 aliphatic carbocycles. The number of fused-ring (bicyclic) bond motifs is 2. The van der Waals surface area contributed by atoms with E-state index in [9.17, 15) is 18.0 Å². The Hall–Kier alpha value is -2.97. The number of sulfonamides is 1. The van der Waals surface area contributed by atoms with Crippen LogP contribution in [0, 0.1) is 0 Å². The van der Waals surface area contributed by atoms with Crippen molar-refractivity contribution in [2.75, 3.05) is 14.1 Å². The van der Waals surface area contributed by atoms with Crippen LogP contribution in [0.2, 0.25) is 0 Å². The van der Waals surface area contributed by atoms with Gasteiger partial charge in [-0.3, -0.25) is 0 Å². The molecule has 1 aliphatic rings. The van der Waals surface area contributed by atoms with Crippen LogP contribution in [0.15, 0.2) is 56.6 Å². The molecule has 0 unspecified atom stereocenters. The Morgan fingerprint density at radius 2 is 1.83 bits per heavy atom. The van der Waals surface area contributed by atoms with Crippen LogP contribution in [0.3, 0.4) is 0 Å². The highest BCUT2D eigenvalue weighted by Crippen LogP contribution is 2.29. The Morgan fingerprint density at radius 1 is 1.10 bits per heavy atom. The molecule has 30 heavy (non-hydrogen) atoms. The summed E-state index contributed by atoms with van der Waals surface area (Å²) in [5.74, 6) is -0.673. The number of hydrogen-bond donors (Lipinski definition) is 0. The van der Waals surface area contributed by atoms with E-state index in [1.165, 1.54) is 55.6 Å². The number of hydrogen-bond acceptors (Lipinski definition) is 6. The van der Waals surface area contributed by atoms with Crippen molar-refractivity contribution in [3.05, 3.63) is 75.1 Å². The van der Waals surface area contributed by atoms with Crippen molar-refractivity contribution in [3.63, 3.8) is 0 Å². The van der Waals surface area contributed by atoms with Crippen LogP contribution in [0.1, 0.15) is 33.5 Å². The fourth-order valence-corrected chi connectivity index (χ4v) is 4.58. The van der Waals surface area contributed by atoms with E-state index >= 15 is 0 Å². The van der Waals surface area contributed by atoms with Crippen molar-refractivity contribution in [3.8, 4) is 0 Å². The number of benzene rings is 2. The van der Waals surface area contributed by atoms with Gasteiger partial charge < -0.3 is 9.15 Å². The standard InChI is InChI=1S/C22H21NO6S/c1-23(2)30(26,27)18-8-4-7-16(9-18)22(25)28-13-17-12-21(24)29-20-11-15-6-3-5-14(15)10-19(17)20/h4,7-12H,3,5-6,13H2,1-2H3. The predicted molar refractivity (Wildman–Crippen MR) is 111 cm³/mol. The lowest BCUT2D eigenvalue weighted by atomic mass is 10.0. The Labute approximate surface area is 173 Å². The molecule has 0 aliphatic heterocycles. The minimum atomic E-state index is -3.67. The number of rotatable bonds is 5. The largest absolute Gasteiger partial charge is 0.457 e. The summed E-state index contributed by atoms with van der Waals surface area (Å²) in [6.45, 7) is -0.121. The van der Waals surface area contributed by atoms with Crippen molar-refractivity contribution in [2.24, 2.45) is 0 Å². The summed E-state index contributed by atoms with van der Waals surface area (Å²) >= 11 is 0. The number of ether oxygens (including phenoxy) is 1. The van der Waals surface area contributed by atoms with E-state index in [-0.39, 0.29) is 17.1 Å². The zero-order valence-corrected chi connectivity index (χ0v) is 17.5. The molecule has 0 amide bonds. The molecule has 156 valence electrons. The highest BCUT2D eigenvalue weighted by molar-refractivity contribution is 7.89. The highest BCUT2D eigenvalue weighted by Gasteiger charge is 2.20. The molecule has 2 aromatic carbocycles. The molecular formula is C22H21NO6S. The summed E-state index contributed by atoms with van der Waals surface area (Å²) < 4.78 is 36.4. The van der Waals surface area contributed by atoms with Gasteiger partial charge in [0.2, 0.25) is 10.0 Å². The molecule has 7 nitrogen and oxygen atoms in total. The van der Waals surface area contributed by atoms with Crippen LogP contribution < -0.4 is 5.63 Å². The predicted octanol–water partition coefficient (Wildman–Crippen LogP) is 2.89. The normalized spacial score (nSPS) is 13.6. The average molecular weight is 427 g/mol. The van der Waals surface area contributed by atoms with E-state index in [1.54, 1.807) is 0 Å². The third-order valence-electron chi connectivity index (χ3n) is 5.25. The van der Waals surface area contributed by atoms with Crippen LogP contribution in [0.5, 0.6) is 0 Å². The first-order chi connectivity index (χ1) is 14.3. The second-order valence-electron chi connectivity index (χ2n) is 7.45. The first kappa shape index (κ1) is 20.3. The smallest absolute Gasteiger partial charge is 0.338 e. The maximum atomic E-state index is 12.5. The Morgan fingerprint density at radius 3 is 2.57 bits per heavy atom. The molecule has 0 atom stereocenters. The molecule has 0 fully saturated rings. The SMILES string of the molecule is CN(C)S(=O)(=O)c1cccc(C(=O)OCc2cc(=O)oc3cc4c(cc23)CCC4)c1. The van der Waals surface area contributed by atoms with Crippen LogP contribution >= 0.6 is 0 Å². The Kier molecular flexibility index (Phi) is 5.21. The van der Waals surface area contributed by atoms with Crippen molar-refractivity contribution in [2.45, 2.75) is 30.8 Å². The molecule has 1 aromatic heterocycles. The molecule has 0 radical (unpaired) electrons. The summed E-state index contributed by atoms with van der Waals surface area (Å²) in [6, 6.07) is 10.9. The van der Waals surface area contributed by atoms with Crippen LogP contribution in [0.25, 0.3) is 11.0 Å². The van der Waals surface area contributed by atoms with Gasteiger partial charge in [-0.25, -0.2) is 22.3 Å². The van der Waals surface area contributed by atoms with Gasteiger partial charge in [-0.2, -0.15) is 0 Å². The molecule has 0 N–H and O–H groups in total. The lowest BCUT2D eigenvalue weighted by Crippen LogP contribution is -2.22. The first-order valence-electron chi connectivity index (χ1n) is 9.54. The van der Waals surface area contributed by atoms with Gasteiger partial charge in [0, 0.05) is 31.1 Å². The fraction of sp³-hybridized carbons (Fsp3) is 0.273. The van der Waals surface area contributed by atoms with Crippen molar-refractivity contribution in [1.82, 2.24) is 4.31 Å². The van der Waals surface area contributed by atoms with Gasteiger partial charge in [-0.1, -0.05) is 6.07 Å². The van der Waals surface area contributed by atoms with E-state index in [0.29, 0.717) is 11.1 Å². The minimum Gasteiger partial charge on any atom is -0.457 e. The first-order valence-corrected chi connectivity index (χ1v) is 11.0. The zero-order chi connectivity index (χ0) is 21.5. The van der Waals surface area contributed by atoms with Gasteiger partial charge in [-0.05, 0) is 60.7 Å². The van der Waals surface area contributed by atoms with Gasteiger partial charge in [0.05, 0.1) is 10.5 Å². The quantitative estimate of drug-likeness (QED) is 0.459. The summed E-state index contributed by atoms with van der Waals surface area (Å²) in [7, 11) is -0.829. The molecule has 3 aromatic rings. The number of carbonyl (C=O) groups is 1. The maximum Gasteiger partial charge on any atom is 0.338 e. The van der Waals surface area contributed by atoms with Crippen molar-refractivity contribution >= 4 is 27.0 Å². The summed E-state index contributed by atoms with van der Waals surface area (Å²) in [6.07, 6.45) is 2.99. The number of aryl methyl sites for hydroxylation is 2. The molecular weight excluding hydrogens is 406 g/mol. The molecule has 1 heterocycles. The fourth-order valence-electron chi connectivity index (χ4n) is 3.64. The lowest BCUT2D eigenvalue weighted by molar-refractivity contribution is 0.0473. The number of esters is 1. The van der Waals surface area contributed by atoms with Crippen molar-refractivity contribution < 1.29 is 22.4 Å². The van der Waals surface area contributed by atoms with Gasteiger partial charge in [0.25, 0.3) is 0 Å². The van der Waals surface area contributed by atoms with E-state index < -0.39 is 21.6 Å². The van der Waals surface area contributed by atoms with E-state index in [0.717, 1.165) is 29.0 Å². The van der Waals surface area contributed by atoms with Gasteiger partial charge >= 0.3 is 11.6 Å². The molecule has 4 rings (SSSR count). The van der Waals surface area contributed by atoms with Gasteiger partial charge in [-0.15, -0.1) is 0 Å². The van der Waals surface area contributed by atoms with Crippen LogP contribution in [-0.2, 0) is 34.2 Å². The minimum absolute atomic E-state index is 0.00307. The Balaban J connectivity index is 1.61. The van der Waals surface area contributed by atoms with E-state index in [2.05, 4.69) is 0 Å². The van der Waals surface area contributed by atoms with E-state index in [1.807, 2.05) is 12.1 Å². The highest BCUT2D eigenvalue weighted by atomic mass is 32.2. The Bertz CT molecular complexity index is 1310. The molecule has 8 heteroatoms. The zero-order valence-electron chi connectivity index (χ0n) is 16.7. The van der Waals surface area contributed by atoms with Crippen LogP contribution in [-0.4, -0.2) is 32.8 Å². The number of nitrogens with zero attached hydrogens (tertiary/aromatic N) is 1. The number of carbonyl (C=O) groups excluding carboxylic acids is 1. The van der Waals surface area contributed by atoms with E-state index in [4.69, 9.17) is 9.15 Å². The summed E-state index contributed by atoms with van der Waals surface area (Å²) in [5, 5.41) is 0.743. The monoisotopic (exact) mass is 427 g/mol. The summed E-state index contributed by atoms with van der Waals surface area (Å²) in [5.41, 5.74) is 3.04. The molecule has 0 spiro atoms.